The van der Waals surface area contributed by atoms with Gasteiger partial charge in [0.1, 0.15) is 0 Å². The van der Waals surface area contributed by atoms with Crippen molar-refractivity contribution in [3.05, 3.63) is 5.73 Å². The summed E-state index contributed by atoms with van der Waals surface area (Å²) in [6, 6.07) is -0.992. The summed E-state index contributed by atoms with van der Waals surface area (Å²) in [6.07, 6.45) is 0.965. The number of nitrogens with two attached hydrogens (primary N) is 1. The van der Waals surface area contributed by atoms with Crippen LogP contribution in [0.2, 0.25) is 0 Å². The Morgan fingerprint density at radius 2 is 2.20 bits per heavy atom. The standard InChI is InChI=1S/C5H11N2O2.Ce/c6-3-1-2-4(7)5(8)9;/h4,7H,1-3,6H2,(H,8,9);/q-1;/t4-;/m0./s1. The van der Waals surface area contributed by atoms with Crippen molar-refractivity contribution >= 4 is 5.97 Å². The first kappa shape index (κ1) is 13.4. The SMILES string of the molecule is [Ce].[NH-][C@@H](CCCN)C(=O)O. The molecule has 0 saturated heterocycles. The van der Waals surface area contributed by atoms with E-state index in [2.05, 4.69) is 0 Å². The van der Waals surface area contributed by atoms with Gasteiger partial charge >= 0.3 is 0 Å². The van der Waals surface area contributed by atoms with E-state index in [9.17, 15) is 4.79 Å². The van der Waals surface area contributed by atoms with Crippen molar-refractivity contribution < 1.29 is 51.6 Å². The molecular weight excluding hydrogens is 260 g/mol. The molecule has 0 amide bonds. The second-order valence-corrected chi connectivity index (χ2v) is 1.82. The third kappa shape index (κ3) is 6.88. The molecule has 10 heavy (non-hydrogen) atoms. The third-order valence-electron chi connectivity index (χ3n) is 0.995. The Labute approximate surface area is 93.7 Å². The first-order chi connectivity index (χ1) is 4.18. The van der Waals surface area contributed by atoms with Gasteiger partial charge in [0, 0.05) is 41.7 Å². The van der Waals surface area contributed by atoms with Gasteiger partial charge in [-0.05, 0) is 19.0 Å². The van der Waals surface area contributed by atoms with Gasteiger partial charge < -0.3 is 16.6 Å². The van der Waals surface area contributed by atoms with Crippen LogP contribution in [0.25, 0.3) is 5.73 Å². The molecule has 0 aliphatic heterocycles. The number of rotatable bonds is 4. The molecule has 0 saturated carbocycles. The van der Waals surface area contributed by atoms with Gasteiger partial charge in [-0.15, -0.1) is 0 Å². The second-order valence-electron chi connectivity index (χ2n) is 1.82. The average molecular weight is 271 g/mol. The fraction of sp³-hybridized carbons (Fsp3) is 0.800. The third-order valence-corrected chi connectivity index (χ3v) is 0.995. The van der Waals surface area contributed by atoms with E-state index >= 15 is 0 Å². The van der Waals surface area contributed by atoms with Gasteiger partial charge in [0.15, 0.2) is 0 Å². The van der Waals surface area contributed by atoms with Gasteiger partial charge in [-0.2, -0.15) is 0 Å². The Balaban J connectivity index is 0. The van der Waals surface area contributed by atoms with E-state index in [1.165, 1.54) is 0 Å². The molecule has 0 aromatic carbocycles. The maximum atomic E-state index is 9.98. The van der Waals surface area contributed by atoms with E-state index in [1.54, 1.807) is 0 Å². The van der Waals surface area contributed by atoms with Gasteiger partial charge in [0.25, 0.3) is 5.97 Å². The molecule has 0 spiro atoms. The molecule has 4 nitrogen and oxygen atoms in total. The number of nitrogens with one attached hydrogen (secondary N) is 1. The minimum Gasteiger partial charge on any atom is -0.665 e. The van der Waals surface area contributed by atoms with Gasteiger partial charge in [0.05, 0.1) is 0 Å². The summed E-state index contributed by atoms with van der Waals surface area (Å²) in [5.41, 5.74) is 12.0. The Kier molecular flexibility index (Phi) is 10.5. The van der Waals surface area contributed by atoms with Crippen LogP contribution in [-0.4, -0.2) is 23.7 Å². The summed E-state index contributed by atoms with van der Waals surface area (Å²) >= 11 is 0. The summed E-state index contributed by atoms with van der Waals surface area (Å²) in [4.78, 5) is 9.98. The molecule has 0 aromatic rings. The molecule has 58 valence electrons. The van der Waals surface area contributed by atoms with Crippen LogP contribution in [0.5, 0.6) is 0 Å². The molecule has 0 fully saturated rings. The molecule has 0 heterocycles. The van der Waals surface area contributed by atoms with Crippen molar-refractivity contribution in [3.8, 4) is 0 Å². The summed E-state index contributed by atoms with van der Waals surface area (Å²) in [7, 11) is 0. The summed E-state index contributed by atoms with van der Waals surface area (Å²) in [5.74, 6) is -1.07. The zero-order valence-electron chi connectivity index (χ0n) is 5.63. The van der Waals surface area contributed by atoms with Gasteiger partial charge in [-0.25, -0.2) is 0 Å². The van der Waals surface area contributed by atoms with Gasteiger partial charge in [0.2, 0.25) is 0 Å². The van der Waals surface area contributed by atoms with E-state index in [-0.39, 0.29) is 41.7 Å². The average Bonchev–Trinajstić information content (AvgIpc) is 1.82. The van der Waals surface area contributed by atoms with Crippen molar-refractivity contribution in [3.63, 3.8) is 0 Å². The summed E-state index contributed by atoms with van der Waals surface area (Å²) in [6.45, 7) is 0.461. The molecule has 0 aliphatic rings. The van der Waals surface area contributed by atoms with Crippen molar-refractivity contribution in [1.29, 1.82) is 0 Å². The Hall–Kier alpha value is 0.767. The number of hydrogen-bond donors (Lipinski definition) is 2. The molecule has 0 aromatic heterocycles. The maximum absolute atomic E-state index is 9.98. The van der Waals surface area contributed by atoms with E-state index in [4.69, 9.17) is 16.6 Å². The quantitative estimate of drug-likeness (QED) is 0.767. The molecule has 5 heteroatoms. The van der Waals surface area contributed by atoms with Crippen molar-refractivity contribution in [2.75, 3.05) is 6.54 Å². The van der Waals surface area contributed by atoms with Crippen molar-refractivity contribution in [2.24, 2.45) is 5.73 Å². The number of carboxylic acid groups (broad SMARTS) is 1. The normalized spacial score (nSPS) is 11.8. The summed E-state index contributed by atoms with van der Waals surface area (Å²) < 4.78 is 0. The van der Waals surface area contributed by atoms with Crippen LogP contribution < -0.4 is 5.73 Å². The van der Waals surface area contributed by atoms with Crippen LogP contribution in [0, 0.1) is 41.7 Å². The minimum absolute atomic E-state index is 0. The largest absolute Gasteiger partial charge is 0.665 e. The smallest absolute Gasteiger partial charge is 0.285 e. The fourth-order valence-electron chi connectivity index (χ4n) is 0.445. The van der Waals surface area contributed by atoms with Crippen LogP contribution in [-0.2, 0) is 4.79 Å². The molecule has 0 rings (SSSR count). The van der Waals surface area contributed by atoms with E-state index < -0.39 is 12.0 Å². The number of carboxylic acids is 1. The van der Waals surface area contributed by atoms with E-state index in [0.717, 1.165) is 0 Å². The zero-order valence-corrected chi connectivity index (χ0v) is 8.77. The molecule has 1 atom stereocenters. The monoisotopic (exact) mass is 271 g/mol. The van der Waals surface area contributed by atoms with Crippen LogP contribution in [0.15, 0.2) is 0 Å². The topological polar surface area (TPSA) is 87.1 Å². The van der Waals surface area contributed by atoms with Crippen LogP contribution in [0.3, 0.4) is 0 Å². The fourth-order valence-corrected chi connectivity index (χ4v) is 0.445. The van der Waals surface area contributed by atoms with E-state index in [1.807, 2.05) is 0 Å². The minimum atomic E-state index is -1.07. The van der Waals surface area contributed by atoms with Crippen molar-refractivity contribution in [1.82, 2.24) is 0 Å². The molecule has 0 radical (unpaired) electrons. The summed E-state index contributed by atoms with van der Waals surface area (Å²) in [5, 5.41) is 8.18. The first-order valence-electron chi connectivity index (χ1n) is 2.82. The van der Waals surface area contributed by atoms with E-state index in [0.29, 0.717) is 19.4 Å². The number of hydrogen-bond acceptors (Lipinski definition) is 2. The number of carbonyl (C=O) groups is 1. The molecule has 0 bridgehead atoms. The van der Waals surface area contributed by atoms with Crippen LogP contribution in [0.4, 0.5) is 0 Å². The first-order valence-corrected chi connectivity index (χ1v) is 2.82. The Morgan fingerprint density at radius 1 is 1.70 bits per heavy atom. The predicted molar refractivity (Wildman–Crippen MR) is 34.0 cm³/mol. The predicted octanol–water partition coefficient (Wildman–Crippen LogP) is 0.231. The van der Waals surface area contributed by atoms with Crippen LogP contribution >= 0.6 is 0 Å². The van der Waals surface area contributed by atoms with Crippen LogP contribution in [0.1, 0.15) is 12.8 Å². The Morgan fingerprint density at radius 3 is 2.50 bits per heavy atom. The second kappa shape index (κ2) is 7.87. The molecule has 4 N–H and O–H groups in total. The number of aliphatic carboxylic acids is 1. The molecular formula is C5H11CeN2O2-. The Bertz CT molecular complexity index is 99.6. The molecule has 0 unspecified atom stereocenters. The molecule has 0 aliphatic carbocycles. The zero-order chi connectivity index (χ0) is 7.28. The van der Waals surface area contributed by atoms with Gasteiger partial charge in [-0.1, -0.05) is 6.42 Å². The maximum Gasteiger partial charge on any atom is 0.285 e. The van der Waals surface area contributed by atoms with Crippen molar-refractivity contribution in [2.45, 2.75) is 18.9 Å². The van der Waals surface area contributed by atoms with Gasteiger partial charge in [-0.3, -0.25) is 4.79 Å².